The van der Waals surface area contributed by atoms with Gasteiger partial charge in [0.05, 0.1) is 23.1 Å². The molecular weight excluding hydrogens is 258 g/mol. The van der Waals surface area contributed by atoms with Crippen molar-refractivity contribution < 1.29 is 8.63 Å². The smallest absolute Gasteiger partial charge is 0.118 e. The molecule has 1 N–H and O–H groups in total. The highest BCUT2D eigenvalue weighted by atomic mass is 32.2. The molecule has 1 heterocycles. The second kappa shape index (κ2) is 6.68. The minimum atomic E-state index is -1.05. The molecule has 2 aromatic rings. The lowest BCUT2D eigenvalue weighted by atomic mass is 10.2. The molecule has 102 valence electrons. The van der Waals surface area contributed by atoms with Crippen LogP contribution in [0.25, 0.3) is 0 Å². The molecule has 0 spiro atoms. The molecule has 0 fully saturated rings. The summed E-state index contributed by atoms with van der Waals surface area (Å²) >= 11 is 0. The number of furan rings is 1. The van der Waals surface area contributed by atoms with Crippen molar-refractivity contribution in [2.75, 3.05) is 6.54 Å². The lowest BCUT2D eigenvalue weighted by Gasteiger charge is -2.01. The van der Waals surface area contributed by atoms with Gasteiger partial charge in [-0.25, -0.2) is 0 Å². The zero-order chi connectivity index (χ0) is 13.7. The summed E-state index contributed by atoms with van der Waals surface area (Å²) in [6, 6.07) is 11.6. The number of hydrogen-bond acceptors (Lipinski definition) is 3. The molecule has 1 unspecified atom stereocenters. The van der Waals surface area contributed by atoms with E-state index in [9.17, 15) is 4.21 Å². The number of aryl methyl sites for hydroxylation is 1. The molecule has 4 heteroatoms. The quantitative estimate of drug-likeness (QED) is 0.882. The van der Waals surface area contributed by atoms with E-state index in [2.05, 4.69) is 12.2 Å². The van der Waals surface area contributed by atoms with E-state index < -0.39 is 10.8 Å². The summed E-state index contributed by atoms with van der Waals surface area (Å²) in [6.45, 7) is 5.70. The molecule has 3 nitrogen and oxygen atoms in total. The highest BCUT2D eigenvalue weighted by molar-refractivity contribution is 7.84. The molecule has 1 aromatic heterocycles. The van der Waals surface area contributed by atoms with Gasteiger partial charge in [0.15, 0.2) is 0 Å². The van der Waals surface area contributed by atoms with Gasteiger partial charge in [-0.3, -0.25) is 4.21 Å². The molecule has 19 heavy (non-hydrogen) atoms. The number of hydrogen-bond donors (Lipinski definition) is 1. The van der Waals surface area contributed by atoms with Crippen molar-refractivity contribution in [3.8, 4) is 0 Å². The van der Waals surface area contributed by atoms with E-state index in [4.69, 9.17) is 4.42 Å². The molecule has 0 aliphatic heterocycles. The molecule has 0 bridgehead atoms. The Kier molecular flexibility index (Phi) is 4.93. The van der Waals surface area contributed by atoms with Crippen molar-refractivity contribution in [3.63, 3.8) is 0 Å². The van der Waals surface area contributed by atoms with Gasteiger partial charge < -0.3 is 9.73 Å². The topological polar surface area (TPSA) is 42.2 Å². The van der Waals surface area contributed by atoms with E-state index in [0.717, 1.165) is 23.0 Å². The van der Waals surface area contributed by atoms with Gasteiger partial charge in [0.1, 0.15) is 11.5 Å². The Labute approximate surface area is 116 Å². The highest BCUT2D eigenvalue weighted by Gasteiger charge is 2.08. The Morgan fingerprint density at radius 1 is 1.11 bits per heavy atom. The first-order valence-corrected chi connectivity index (χ1v) is 7.74. The van der Waals surface area contributed by atoms with Crippen LogP contribution in [0.1, 0.15) is 24.0 Å². The molecule has 0 aliphatic rings. The van der Waals surface area contributed by atoms with Gasteiger partial charge in [-0.2, -0.15) is 0 Å². The standard InChI is InChI=1S/C15H19NO2S/c1-3-16-10-13-6-7-14(18-13)11-19(17)15-8-4-12(2)5-9-15/h4-9,16H,3,10-11H2,1-2H3. The molecule has 0 amide bonds. The Morgan fingerprint density at radius 2 is 1.79 bits per heavy atom. The maximum atomic E-state index is 12.2. The van der Waals surface area contributed by atoms with Gasteiger partial charge in [-0.15, -0.1) is 0 Å². The fourth-order valence-electron chi connectivity index (χ4n) is 1.75. The number of rotatable bonds is 6. The van der Waals surface area contributed by atoms with E-state index >= 15 is 0 Å². The fourth-order valence-corrected chi connectivity index (χ4v) is 2.77. The zero-order valence-corrected chi connectivity index (χ0v) is 12.1. The SMILES string of the molecule is CCNCc1ccc(CS(=O)c2ccc(C)cc2)o1. The molecule has 2 rings (SSSR count). The van der Waals surface area contributed by atoms with Crippen molar-refractivity contribution in [2.45, 2.75) is 31.0 Å². The minimum Gasteiger partial charge on any atom is -0.464 e. The van der Waals surface area contributed by atoms with Crippen molar-refractivity contribution in [3.05, 3.63) is 53.5 Å². The highest BCUT2D eigenvalue weighted by Crippen LogP contribution is 2.15. The summed E-state index contributed by atoms with van der Waals surface area (Å²) in [5, 5.41) is 3.20. The van der Waals surface area contributed by atoms with Crippen LogP contribution in [0.3, 0.4) is 0 Å². The van der Waals surface area contributed by atoms with Crippen LogP contribution < -0.4 is 5.32 Å². The minimum absolute atomic E-state index is 0.426. The van der Waals surface area contributed by atoms with E-state index in [1.165, 1.54) is 5.56 Å². The van der Waals surface area contributed by atoms with Crippen LogP contribution in [0.2, 0.25) is 0 Å². The summed E-state index contributed by atoms with van der Waals surface area (Å²) in [4.78, 5) is 0.843. The second-order valence-electron chi connectivity index (χ2n) is 4.45. The average molecular weight is 277 g/mol. The molecule has 1 aromatic carbocycles. The third kappa shape index (κ3) is 4.04. The van der Waals surface area contributed by atoms with Gasteiger partial charge in [-0.05, 0) is 37.7 Å². The molecule has 1 atom stereocenters. The summed E-state index contributed by atoms with van der Waals surface area (Å²) in [7, 11) is -1.05. The first-order chi connectivity index (χ1) is 9.19. The van der Waals surface area contributed by atoms with E-state index in [-0.39, 0.29) is 0 Å². The lowest BCUT2D eigenvalue weighted by molar-refractivity contribution is 0.461. The predicted octanol–water partition coefficient (Wildman–Crippen LogP) is 3.01. The van der Waals surface area contributed by atoms with Crippen molar-refractivity contribution in [1.29, 1.82) is 0 Å². The molecule has 0 saturated carbocycles. The number of nitrogens with one attached hydrogen (secondary N) is 1. The zero-order valence-electron chi connectivity index (χ0n) is 11.3. The van der Waals surface area contributed by atoms with Gasteiger partial charge in [0.2, 0.25) is 0 Å². The molecule has 0 radical (unpaired) electrons. The van der Waals surface area contributed by atoms with Gasteiger partial charge >= 0.3 is 0 Å². The lowest BCUT2D eigenvalue weighted by Crippen LogP contribution is -2.10. The van der Waals surface area contributed by atoms with Crippen LogP contribution in [-0.2, 0) is 23.1 Å². The fraction of sp³-hybridized carbons (Fsp3) is 0.333. The van der Waals surface area contributed by atoms with Crippen LogP contribution in [0, 0.1) is 6.92 Å². The maximum absolute atomic E-state index is 12.2. The predicted molar refractivity (Wildman–Crippen MR) is 77.4 cm³/mol. The van der Waals surface area contributed by atoms with Crippen LogP contribution in [0.4, 0.5) is 0 Å². The Balaban J connectivity index is 1.98. The summed E-state index contributed by atoms with van der Waals surface area (Å²) in [6.07, 6.45) is 0. The summed E-state index contributed by atoms with van der Waals surface area (Å²) < 4.78 is 17.8. The molecule has 0 saturated heterocycles. The van der Waals surface area contributed by atoms with Crippen LogP contribution in [0.15, 0.2) is 45.7 Å². The van der Waals surface area contributed by atoms with Gasteiger partial charge in [0, 0.05) is 4.90 Å². The second-order valence-corrected chi connectivity index (χ2v) is 5.90. The summed E-state index contributed by atoms with van der Waals surface area (Å²) in [5.41, 5.74) is 1.17. The van der Waals surface area contributed by atoms with Gasteiger partial charge in [-0.1, -0.05) is 24.6 Å². The largest absolute Gasteiger partial charge is 0.464 e. The van der Waals surface area contributed by atoms with Crippen molar-refractivity contribution in [2.24, 2.45) is 0 Å². The van der Waals surface area contributed by atoms with Crippen LogP contribution in [-0.4, -0.2) is 10.8 Å². The number of benzene rings is 1. The maximum Gasteiger partial charge on any atom is 0.118 e. The van der Waals surface area contributed by atoms with Crippen molar-refractivity contribution >= 4 is 10.8 Å². The first kappa shape index (κ1) is 14.0. The normalized spacial score (nSPS) is 12.5. The molecule has 0 aliphatic carbocycles. The van der Waals surface area contributed by atoms with Gasteiger partial charge in [0.25, 0.3) is 0 Å². The third-order valence-electron chi connectivity index (χ3n) is 2.82. The first-order valence-electron chi connectivity index (χ1n) is 6.42. The molecular formula is C15H19NO2S. The van der Waals surface area contributed by atoms with Crippen molar-refractivity contribution in [1.82, 2.24) is 5.32 Å². The Morgan fingerprint density at radius 3 is 2.47 bits per heavy atom. The Bertz CT molecular complexity index is 546. The van der Waals surface area contributed by atoms with Crippen LogP contribution in [0.5, 0.6) is 0 Å². The van der Waals surface area contributed by atoms with Crippen LogP contribution >= 0.6 is 0 Å². The average Bonchev–Trinajstić information content (AvgIpc) is 2.84. The third-order valence-corrected chi connectivity index (χ3v) is 4.17. The monoisotopic (exact) mass is 277 g/mol. The summed E-state index contributed by atoms with van der Waals surface area (Å²) in [5.74, 6) is 2.08. The van der Waals surface area contributed by atoms with E-state index in [1.807, 2.05) is 43.3 Å². The van der Waals surface area contributed by atoms with E-state index in [0.29, 0.717) is 12.3 Å². The van der Waals surface area contributed by atoms with E-state index in [1.54, 1.807) is 0 Å². The Hall–Kier alpha value is -1.39.